The van der Waals surface area contributed by atoms with E-state index in [0.717, 1.165) is 6.07 Å². The molecule has 6 nitrogen and oxygen atoms in total. The molecule has 112 valence electrons. The van der Waals surface area contributed by atoms with Crippen molar-refractivity contribution in [1.82, 2.24) is 0 Å². The van der Waals surface area contributed by atoms with E-state index in [4.69, 9.17) is 5.11 Å². The monoisotopic (exact) mass is 299 g/mol. The van der Waals surface area contributed by atoms with Gasteiger partial charge in [-0.1, -0.05) is 12.1 Å². The van der Waals surface area contributed by atoms with Crippen molar-refractivity contribution < 1.29 is 24.9 Å². The second-order valence-electron chi connectivity index (χ2n) is 4.45. The van der Waals surface area contributed by atoms with E-state index in [-0.39, 0.29) is 22.7 Å². The van der Waals surface area contributed by atoms with E-state index >= 15 is 0 Å². The fourth-order valence-electron chi connectivity index (χ4n) is 1.79. The van der Waals surface area contributed by atoms with Crippen molar-refractivity contribution in [2.45, 2.75) is 0 Å². The van der Waals surface area contributed by atoms with Gasteiger partial charge in [-0.05, 0) is 42.0 Å². The molecule has 6 heteroatoms. The number of carboxylic acids is 1. The van der Waals surface area contributed by atoms with Gasteiger partial charge in [0.2, 0.25) is 5.91 Å². The van der Waals surface area contributed by atoms with Crippen molar-refractivity contribution in [3.05, 3.63) is 59.7 Å². The minimum absolute atomic E-state index is 0.0780. The molecule has 1 amide bonds. The molecule has 4 N–H and O–H groups in total. The minimum Gasteiger partial charge on any atom is -0.508 e. The predicted molar refractivity (Wildman–Crippen MR) is 80.8 cm³/mol. The number of benzene rings is 2. The topological polar surface area (TPSA) is 107 Å². The van der Waals surface area contributed by atoms with Crippen LogP contribution < -0.4 is 5.32 Å². The molecule has 0 aliphatic rings. The molecule has 0 aliphatic carbocycles. The molecule has 0 heterocycles. The van der Waals surface area contributed by atoms with Gasteiger partial charge in [0, 0.05) is 6.08 Å². The number of aromatic carboxylic acids is 1. The maximum absolute atomic E-state index is 11.8. The molecule has 0 spiro atoms. The molecule has 0 fully saturated rings. The number of nitrogens with one attached hydrogen (secondary N) is 1. The van der Waals surface area contributed by atoms with Crippen LogP contribution in [0.1, 0.15) is 15.9 Å². The highest BCUT2D eigenvalue weighted by Crippen LogP contribution is 2.21. The van der Waals surface area contributed by atoms with Gasteiger partial charge in [-0.25, -0.2) is 4.79 Å². The van der Waals surface area contributed by atoms with Crippen LogP contribution in [0.5, 0.6) is 11.5 Å². The van der Waals surface area contributed by atoms with Gasteiger partial charge >= 0.3 is 5.97 Å². The highest BCUT2D eigenvalue weighted by atomic mass is 16.4. The Labute approximate surface area is 126 Å². The highest BCUT2D eigenvalue weighted by molar-refractivity contribution is 6.06. The number of hydrogen-bond acceptors (Lipinski definition) is 4. The Morgan fingerprint density at radius 2 is 1.73 bits per heavy atom. The number of phenols is 2. The number of aromatic hydroxyl groups is 2. The summed E-state index contributed by atoms with van der Waals surface area (Å²) in [5, 5.41) is 30.1. The Bertz CT molecular complexity index is 752. The quantitative estimate of drug-likeness (QED) is 0.512. The first kappa shape index (κ1) is 15.1. The molecule has 0 atom stereocenters. The van der Waals surface area contributed by atoms with Crippen LogP contribution in [0.4, 0.5) is 5.69 Å². The van der Waals surface area contributed by atoms with Crippen LogP contribution in [0.3, 0.4) is 0 Å². The SMILES string of the molecule is O=C(C=Cc1cccc(O)c1)Nc1ccc(O)cc1C(=O)O. The highest BCUT2D eigenvalue weighted by Gasteiger charge is 2.12. The van der Waals surface area contributed by atoms with Crippen LogP contribution in [-0.2, 0) is 4.79 Å². The lowest BCUT2D eigenvalue weighted by molar-refractivity contribution is -0.111. The zero-order valence-electron chi connectivity index (χ0n) is 11.4. The smallest absolute Gasteiger partial charge is 0.337 e. The average Bonchev–Trinajstić information content (AvgIpc) is 2.47. The lowest BCUT2D eigenvalue weighted by Crippen LogP contribution is -2.11. The molecule has 0 saturated carbocycles. The second-order valence-corrected chi connectivity index (χ2v) is 4.45. The number of phenolic OH excluding ortho intramolecular Hbond substituents is 2. The third-order valence-corrected chi connectivity index (χ3v) is 2.79. The van der Waals surface area contributed by atoms with E-state index in [1.165, 1.54) is 36.4 Å². The van der Waals surface area contributed by atoms with Crippen molar-refractivity contribution in [1.29, 1.82) is 0 Å². The molecule has 0 radical (unpaired) electrons. The third-order valence-electron chi connectivity index (χ3n) is 2.79. The van der Waals surface area contributed by atoms with Gasteiger partial charge in [-0.2, -0.15) is 0 Å². The van der Waals surface area contributed by atoms with Gasteiger partial charge in [0.15, 0.2) is 0 Å². The largest absolute Gasteiger partial charge is 0.508 e. The molecule has 0 aliphatic heterocycles. The summed E-state index contributed by atoms with van der Waals surface area (Å²) < 4.78 is 0. The Kier molecular flexibility index (Phi) is 4.43. The van der Waals surface area contributed by atoms with Gasteiger partial charge in [0.25, 0.3) is 0 Å². The molecular formula is C16H13NO5. The molecular weight excluding hydrogens is 286 g/mol. The molecule has 22 heavy (non-hydrogen) atoms. The molecule has 0 aromatic heterocycles. The lowest BCUT2D eigenvalue weighted by atomic mass is 10.1. The first-order valence-electron chi connectivity index (χ1n) is 6.30. The first-order chi connectivity index (χ1) is 10.5. The minimum atomic E-state index is -1.26. The van der Waals surface area contributed by atoms with E-state index < -0.39 is 11.9 Å². The Morgan fingerprint density at radius 1 is 1.00 bits per heavy atom. The van der Waals surface area contributed by atoms with Gasteiger partial charge in [0.05, 0.1) is 11.3 Å². The van der Waals surface area contributed by atoms with E-state index in [1.54, 1.807) is 12.1 Å². The second kappa shape index (κ2) is 6.45. The molecule has 2 aromatic rings. The number of carbonyl (C=O) groups excluding carboxylic acids is 1. The van der Waals surface area contributed by atoms with E-state index in [2.05, 4.69) is 5.32 Å². The van der Waals surface area contributed by atoms with Gasteiger partial charge < -0.3 is 20.6 Å². The van der Waals surface area contributed by atoms with Crippen molar-refractivity contribution in [2.75, 3.05) is 5.32 Å². The van der Waals surface area contributed by atoms with E-state index in [0.29, 0.717) is 5.56 Å². The van der Waals surface area contributed by atoms with Crippen molar-refractivity contribution in [2.24, 2.45) is 0 Å². The summed E-state index contributed by atoms with van der Waals surface area (Å²) in [7, 11) is 0. The van der Waals surface area contributed by atoms with Crippen molar-refractivity contribution in [3.8, 4) is 11.5 Å². The number of anilines is 1. The van der Waals surface area contributed by atoms with Crippen LogP contribution in [0.2, 0.25) is 0 Å². The lowest BCUT2D eigenvalue weighted by Gasteiger charge is -2.07. The molecule has 0 saturated heterocycles. The number of hydrogen-bond donors (Lipinski definition) is 4. The standard InChI is InChI=1S/C16H13NO5/c18-11-3-1-2-10(8-11)4-7-15(20)17-14-6-5-12(19)9-13(14)16(21)22/h1-9,18-19H,(H,17,20)(H,21,22). The van der Waals surface area contributed by atoms with Crippen molar-refractivity contribution in [3.63, 3.8) is 0 Å². The maximum Gasteiger partial charge on any atom is 0.337 e. The number of amides is 1. The summed E-state index contributed by atoms with van der Waals surface area (Å²) >= 11 is 0. The maximum atomic E-state index is 11.8. The van der Waals surface area contributed by atoms with E-state index in [1.807, 2.05) is 0 Å². The Balaban J connectivity index is 2.14. The van der Waals surface area contributed by atoms with Crippen molar-refractivity contribution >= 4 is 23.6 Å². The number of carboxylic acid groups (broad SMARTS) is 1. The molecule has 2 aromatic carbocycles. The van der Waals surface area contributed by atoms with Gasteiger partial charge in [0.1, 0.15) is 11.5 Å². The summed E-state index contributed by atoms with van der Waals surface area (Å²) in [6.45, 7) is 0. The normalized spacial score (nSPS) is 10.5. The zero-order valence-corrected chi connectivity index (χ0v) is 11.4. The Hall–Kier alpha value is -3.28. The fourth-order valence-corrected chi connectivity index (χ4v) is 1.79. The number of rotatable bonds is 4. The molecule has 0 unspecified atom stereocenters. The average molecular weight is 299 g/mol. The van der Waals surface area contributed by atoms with Crippen LogP contribution in [0.25, 0.3) is 6.08 Å². The predicted octanol–water partition coefficient (Wildman–Crippen LogP) is 2.45. The fraction of sp³-hybridized carbons (Fsp3) is 0. The Morgan fingerprint density at radius 3 is 2.41 bits per heavy atom. The van der Waals surface area contributed by atoms with E-state index in [9.17, 15) is 19.8 Å². The summed E-state index contributed by atoms with van der Waals surface area (Å²) in [5.74, 6) is -1.92. The number of carbonyl (C=O) groups is 2. The zero-order chi connectivity index (χ0) is 16.1. The first-order valence-corrected chi connectivity index (χ1v) is 6.30. The van der Waals surface area contributed by atoms with Crippen LogP contribution in [0.15, 0.2) is 48.5 Å². The summed E-state index contributed by atoms with van der Waals surface area (Å²) in [4.78, 5) is 22.9. The third kappa shape index (κ3) is 3.86. The van der Waals surface area contributed by atoms with Gasteiger partial charge in [-0.15, -0.1) is 0 Å². The molecule has 2 rings (SSSR count). The van der Waals surface area contributed by atoms with Gasteiger partial charge in [-0.3, -0.25) is 4.79 Å². The summed E-state index contributed by atoms with van der Waals surface area (Å²) in [6, 6.07) is 9.96. The van der Waals surface area contributed by atoms with Crippen LogP contribution in [-0.4, -0.2) is 27.2 Å². The molecule has 0 bridgehead atoms. The van der Waals surface area contributed by atoms with Crippen LogP contribution >= 0.6 is 0 Å². The summed E-state index contributed by atoms with van der Waals surface area (Å²) in [5.41, 5.74) is 0.495. The van der Waals surface area contributed by atoms with Crippen LogP contribution in [0, 0.1) is 0 Å². The summed E-state index contributed by atoms with van der Waals surface area (Å²) in [6.07, 6.45) is 2.70.